The molecule has 0 unspecified atom stereocenters. The SMILES string of the molecule is O.[AlH3].[OH][AlH][F]. The van der Waals surface area contributed by atoms with Crippen LogP contribution in [0.2, 0.25) is 0 Å². The average Bonchev–Trinajstić information content (AvgIpc) is 0.918. The van der Waals surface area contributed by atoms with Gasteiger partial charge in [-0.15, -0.1) is 0 Å². The number of hydrogen-bond donors (Lipinski definition) is 1. The Morgan fingerprint density at radius 1 is 1.60 bits per heavy atom. The van der Waals surface area contributed by atoms with E-state index in [0.29, 0.717) is 0 Å². The molecule has 5 heavy (non-hydrogen) atoms. The summed E-state index contributed by atoms with van der Waals surface area (Å²) in [7, 11) is 0. The molecule has 0 fully saturated rings. The number of rotatable bonds is 0. The molecule has 0 radical (unpaired) electrons. The van der Waals surface area contributed by atoms with Crippen molar-refractivity contribution >= 4 is 33.4 Å². The maximum absolute atomic E-state index is 9.99. The van der Waals surface area contributed by atoms with Crippen molar-refractivity contribution in [3.63, 3.8) is 0 Å². The van der Waals surface area contributed by atoms with Gasteiger partial charge in [0.1, 0.15) is 0 Å². The van der Waals surface area contributed by atoms with Gasteiger partial charge in [-0.05, 0) is 0 Å². The Morgan fingerprint density at radius 3 is 1.60 bits per heavy atom. The van der Waals surface area contributed by atoms with Gasteiger partial charge in [-0.3, -0.25) is 0 Å². The predicted molar refractivity (Wildman–Crippen MR) is 24.0 cm³/mol. The molecular formula is H7Al2FO2. The Morgan fingerprint density at radius 2 is 1.60 bits per heavy atom. The molecule has 0 aliphatic heterocycles. The predicted octanol–water partition coefficient (Wildman–Crippen LogP) is -2.79. The fourth-order valence-electron chi connectivity index (χ4n) is 0. The van der Waals surface area contributed by atoms with Crippen LogP contribution in [-0.2, 0) is 0 Å². The van der Waals surface area contributed by atoms with Gasteiger partial charge in [-0.25, -0.2) is 0 Å². The summed E-state index contributed by atoms with van der Waals surface area (Å²) in [6, 6.07) is 0. The van der Waals surface area contributed by atoms with E-state index < -0.39 is 16.0 Å². The molecule has 0 rings (SSSR count). The fraction of sp³-hybridized carbons (Fsp3) is 0. The first-order chi connectivity index (χ1) is 1.41. The third-order valence-corrected chi connectivity index (χ3v) is 0. The summed E-state index contributed by atoms with van der Waals surface area (Å²) in [4.78, 5) is 0. The zero-order valence-electron chi connectivity index (χ0n) is 2.03. The Kier molecular flexibility index (Phi) is 69.1. The lowest BCUT2D eigenvalue weighted by Gasteiger charge is -1.40. The van der Waals surface area contributed by atoms with Crippen LogP contribution in [0.5, 0.6) is 0 Å². The summed E-state index contributed by atoms with van der Waals surface area (Å²) >= 11 is -2.08. The van der Waals surface area contributed by atoms with Crippen molar-refractivity contribution in [3.8, 4) is 0 Å². The van der Waals surface area contributed by atoms with Crippen LogP contribution in [0.25, 0.3) is 0 Å². The fourth-order valence-corrected chi connectivity index (χ4v) is 0. The van der Waals surface area contributed by atoms with Crippen molar-refractivity contribution in [2.45, 2.75) is 0 Å². The minimum Gasteiger partial charge on any atom is -0.493 e. The lowest BCUT2D eigenvalue weighted by Crippen LogP contribution is -1.62. The molecule has 32 valence electrons. The average molecular weight is 112 g/mol. The molecule has 0 aromatic rings. The van der Waals surface area contributed by atoms with Crippen molar-refractivity contribution < 1.29 is 13.2 Å². The molecule has 3 N–H and O–H groups in total. The Labute approximate surface area is 47.0 Å². The van der Waals surface area contributed by atoms with Crippen LogP contribution in [0, 0.1) is 0 Å². The van der Waals surface area contributed by atoms with Crippen LogP contribution in [0.1, 0.15) is 0 Å². The van der Waals surface area contributed by atoms with Gasteiger partial charge in [0, 0.05) is 0 Å². The molecule has 2 nitrogen and oxygen atoms in total. The van der Waals surface area contributed by atoms with Crippen molar-refractivity contribution in [1.82, 2.24) is 0 Å². The topological polar surface area (TPSA) is 51.7 Å². The highest BCUT2D eigenvalue weighted by atomic mass is 27.2. The van der Waals surface area contributed by atoms with Gasteiger partial charge in [-0.1, -0.05) is 0 Å². The number of halogens is 1. The van der Waals surface area contributed by atoms with Gasteiger partial charge in [0.2, 0.25) is 0 Å². The Hall–Kier alpha value is 0.915. The zero-order chi connectivity index (χ0) is 2.71. The third-order valence-electron chi connectivity index (χ3n) is 0. The highest BCUT2D eigenvalue weighted by Crippen LogP contribution is 1.33. The molecule has 5 heteroatoms. The summed E-state index contributed by atoms with van der Waals surface area (Å²) in [6.45, 7) is 0. The minimum absolute atomic E-state index is 0. The second kappa shape index (κ2) is 20.5. The van der Waals surface area contributed by atoms with Gasteiger partial charge in [0.15, 0.2) is 17.4 Å². The van der Waals surface area contributed by atoms with E-state index in [0.717, 1.165) is 0 Å². The molecule has 0 aliphatic rings. The second-order valence-electron chi connectivity index (χ2n) is 0.120. The lowest BCUT2D eigenvalue weighted by atomic mass is 15.9. The zero-order valence-corrected chi connectivity index (χ0v) is 3.45. The van der Waals surface area contributed by atoms with Crippen LogP contribution in [0.4, 0.5) is 3.52 Å². The van der Waals surface area contributed by atoms with E-state index in [4.69, 9.17) is 4.16 Å². The minimum atomic E-state index is -2.08. The van der Waals surface area contributed by atoms with Crippen molar-refractivity contribution in [3.05, 3.63) is 0 Å². The van der Waals surface area contributed by atoms with Gasteiger partial charge >= 0.3 is 16.0 Å². The molecule has 0 aliphatic carbocycles. The molecule has 0 saturated carbocycles. The molecule has 0 amide bonds. The van der Waals surface area contributed by atoms with Crippen LogP contribution in [-0.4, -0.2) is 43.0 Å². The molecule has 0 bridgehead atoms. The molecule has 0 heterocycles. The highest BCUT2D eigenvalue weighted by Gasteiger charge is 1.65. The summed E-state index contributed by atoms with van der Waals surface area (Å²) in [5.41, 5.74) is 0. The van der Waals surface area contributed by atoms with E-state index in [1.165, 1.54) is 0 Å². The van der Waals surface area contributed by atoms with E-state index in [9.17, 15) is 3.52 Å². The summed E-state index contributed by atoms with van der Waals surface area (Å²) in [6.07, 6.45) is 0. The van der Waals surface area contributed by atoms with Crippen molar-refractivity contribution in [1.29, 1.82) is 0 Å². The van der Waals surface area contributed by atoms with E-state index in [2.05, 4.69) is 0 Å². The lowest BCUT2D eigenvalue weighted by molar-refractivity contribution is 0.536. The van der Waals surface area contributed by atoms with Crippen LogP contribution in [0.15, 0.2) is 0 Å². The molecular weight excluding hydrogens is 105 g/mol. The summed E-state index contributed by atoms with van der Waals surface area (Å²) in [5, 5.41) is 0. The highest BCUT2D eigenvalue weighted by molar-refractivity contribution is 6.14. The second-order valence-corrected chi connectivity index (χ2v) is 0.359. The maximum atomic E-state index is 9.99. The smallest absolute Gasteiger partial charge is 0.493 e. The maximum Gasteiger partial charge on any atom is 0.688 e. The van der Waals surface area contributed by atoms with Gasteiger partial charge in [0.25, 0.3) is 0 Å². The standard InChI is InChI=1S/2Al.FH.2H2O.4H/h;;1H;2*1H2;;;;/q;+2;;;;;;;/p-2. The first-order valence-electron chi connectivity index (χ1n) is 0.583. The van der Waals surface area contributed by atoms with Crippen LogP contribution < -0.4 is 0 Å². The Balaban J connectivity index is -0.0000000200. The quantitative estimate of drug-likeness (QED) is 0.338. The largest absolute Gasteiger partial charge is 0.688 e. The first-order valence-corrected chi connectivity index (χ1v) is 1.75. The number of hydrogen-bond acceptors (Lipinski definition) is 1. The normalized spacial score (nSPS) is 2.80. The van der Waals surface area contributed by atoms with Gasteiger partial charge in [0.05, 0.1) is 0 Å². The monoisotopic (exact) mass is 112 g/mol. The third kappa shape index (κ3) is 49.9. The van der Waals surface area contributed by atoms with Gasteiger partial charge in [-0.2, -0.15) is 0 Å². The molecule has 0 saturated heterocycles. The molecule has 0 atom stereocenters. The van der Waals surface area contributed by atoms with E-state index >= 15 is 0 Å². The molecule has 0 spiro atoms. The first kappa shape index (κ1) is 16.8. The molecule has 0 aromatic carbocycles. The molecule has 0 aromatic heterocycles. The van der Waals surface area contributed by atoms with Crippen LogP contribution >= 0.6 is 0 Å². The van der Waals surface area contributed by atoms with E-state index in [-0.39, 0.29) is 22.8 Å². The summed E-state index contributed by atoms with van der Waals surface area (Å²) in [5.74, 6) is 0. The van der Waals surface area contributed by atoms with Crippen LogP contribution in [0.3, 0.4) is 0 Å². The Bertz CT molecular complexity index is 7.61. The summed E-state index contributed by atoms with van der Waals surface area (Å²) < 4.78 is 17.0. The van der Waals surface area contributed by atoms with E-state index in [1.807, 2.05) is 0 Å². The van der Waals surface area contributed by atoms with Crippen molar-refractivity contribution in [2.75, 3.05) is 0 Å². The van der Waals surface area contributed by atoms with E-state index in [1.54, 1.807) is 0 Å². The van der Waals surface area contributed by atoms with Gasteiger partial charge < -0.3 is 13.2 Å². The van der Waals surface area contributed by atoms with Crippen molar-refractivity contribution in [2.24, 2.45) is 0 Å².